The lowest BCUT2D eigenvalue weighted by Crippen LogP contribution is -2.40. The highest BCUT2D eigenvalue weighted by Crippen LogP contribution is 2.39. The SMILES string of the molecule is COCCN(C(=O)C1CCC(C)CC1)c1cc(-c2ccc(-c3cc4ncccn4n3)cc2)sc1C(=O)O. The highest BCUT2D eigenvalue weighted by molar-refractivity contribution is 7.18. The summed E-state index contributed by atoms with van der Waals surface area (Å²) in [6, 6.07) is 13.4. The van der Waals surface area contributed by atoms with E-state index < -0.39 is 5.97 Å². The number of anilines is 1. The van der Waals surface area contributed by atoms with Crippen LogP contribution in [0.2, 0.25) is 0 Å². The van der Waals surface area contributed by atoms with Crippen molar-refractivity contribution in [2.24, 2.45) is 11.8 Å². The molecule has 0 bridgehead atoms. The summed E-state index contributed by atoms with van der Waals surface area (Å²) in [5, 5.41) is 14.6. The first-order valence-corrected chi connectivity index (χ1v) is 13.3. The number of nitrogens with zero attached hydrogens (tertiary/aromatic N) is 4. The number of carbonyl (C=O) groups is 2. The van der Waals surface area contributed by atoms with Crippen molar-refractivity contribution in [1.29, 1.82) is 0 Å². The maximum atomic E-state index is 13.6. The first-order chi connectivity index (χ1) is 17.9. The van der Waals surface area contributed by atoms with Crippen LogP contribution < -0.4 is 4.90 Å². The maximum absolute atomic E-state index is 13.6. The molecule has 4 aromatic rings. The van der Waals surface area contributed by atoms with Gasteiger partial charge < -0.3 is 14.7 Å². The Morgan fingerprint density at radius 1 is 1.14 bits per heavy atom. The first kappa shape index (κ1) is 25.1. The Kier molecular flexibility index (Phi) is 7.34. The molecule has 0 spiro atoms. The van der Waals surface area contributed by atoms with Crippen LogP contribution in [-0.4, -0.2) is 51.8 Å². The molecule has 0 saturated heterocycles. The fraction of sp³-hybridized carbons (Fsp3) is 0.357. The topological polar surface area (TPSA) is 97.0 Å². The third-order valence-electron chi connectivity index (χ3n) is 7.05. The number of benzene rings is 1. The number of aromatic nitrogens is 3. The average molecular weight is 519 g/mol. The van der Waals surface area contributed by atoms with E-state index in [-0.39, 0.29) is 16.7 Å². The Balaban J connectivity index is 1.45. The zero-order valence-corrected chi connectivity index (χ0v) is 21.8. The molecule has 1 aromatic carbocycles. The lowest BCUT2D eigenvalue weighted by atomic mass is 9.82. The van der Waals surface area contributed by atoms with E-state index >= 15 is 0 Å². The molecule has 1 aliphatic rings. The van der Waals surface area contributed by atoms with Gasteiger partial charge in [-0.2, -0.15) is 5.10 Å². The van der Waals surface area contributed by atoms with Crippen LogP contribution in [0.4, 0.5) is 5.69 Å². The Morgan fingerprint density at radius 3 is 2.54 bits per heavy atom. The van der Waals surface area contributed by atoms with Gasteiger partial charge in [0.25, 0.3) is 0 Å². The molecular formula is C28H30N4O4S. The van der Waals surface area contributed by atoms with Gasteiger partial charge >= 0.3 is 5.97 Å². The fourth-order valence-electron chi connectivity index (χ4n) is 4.91. The smallest absolute Gasteiger partial charge is 0.348 e. The van der Waals surface area contributed by atoms with Crippen LogP contribution in [-0.2, 0) is 9.53 Å². The van der Waals surface area contributed by atoms with Crippen LogP contribution >= 0.6 is 11.3 Å². The molecule has 1 fully saturated rings. The lowest BCUT2D eigenvalue weighted by molar-refractivity contribution is -0.123. The third kappa shape index (κ3) is 5.28. The predicted molar refractivity (Wildman–Crippen MR) is 144 cm³/mol. The van der Waals surface area contributed by atoms with Crippen molar-refractivity contribution < 1.29 is 19.4 Å². The lowest BCUT2D eigenvalue weighted by Gasteiger charge is -2.31. The molecule has 3 heterocycles. The van der Waals surface area contributed by atoms with Crippen molar-refractivity contribution >= 4 is 34.5 Å². The minimum Gasteiger partial charge on any atom is -0.477 e. The Bertz CT molecular complexity index is 1370. The zero-order valence-electron chi connectivity index (χ0n) is 21.0. The van der Waals surface area contributed by atoms with Gasteiger partial charge in [0.2, 0.25) is 5.91 Å². The number of carbonyl (C=O) groups excluding carboxylic acids is 1. The normalized spacial score (nSPS) is 17.7. The summed E-state index contributed by atoms with van der Waals surface area (Å²) in [4.78, 5) is 32.7. The quantitative estimate of drug-likeness (QED) is 0.325. The van der Waals surface area contributed by atoms with Gasteiger partial charge in [-0.15, -0.1) is 11.3 Å². The summed E-state index contributed by atoms with van der Waals surface area (Å²) in [7, 11) is 1.59. The molecule has 8 nitrogen and oxygen atoms in total. The second kappa shape index (κ2) is 10.8. The standard InChI is InChI=1S/C28H30N4O4S/c1-18-4-6-21(7-5-18)27(33)31(14-15-36-2)23-17-24(37-26(23)28(34)35)20-10-8-19(9-11-20)22-16-25-29-12-3-13-32(25)30-22/h3,8-13,16-18,21H,4-7,14-15H2,1-2H3,(H,34,35). The maximum Gasteiger partial charge on any atom is 0.348 e. The molecule has 9 heteroatoms. The van der Waals surface area contributed by atoms with Crippen molar-refractivity contribution in [3.63, 3.8) is 0 Å². The largest absolute Gasteiger partial charge is 0.477 e. The number of thiophene rings is 1. The molecular weight excluding hydrogens is 488 g/mol. The molecule has 1 amide bonds. The van der Waals surface area contributed by atoms with Gasteiger partial charge in [-0.25, -0.2) is 14.3 Å². The van der Waals surface area contributed by atoms with Crippen molar-refractivity contribution in [3.8, 4) is 21.7 Å². The third-order valence-corrected chi connectivity index (χ3v) is 8.21. The monoisotopic (exact) mass is 518 g/mol. The number of carboxylic acids is 1. The zero-order chi connectivity index (χ0) is 25.9. The second-order valence-electron chi connectivity index (χ2n) is 9.60. The molecule has 1 saturated carbocycles. The summed E-state index contributed by atoms with van der Waals surface area (Å²) < 4.78 is 7.00. The average Bonchev–Trinajstić information content (AvgIpc) is 3.55. The molecule has 1 aliphatic carbocycles. The van der Waals surface area contributed by atoms with E-state index in [9.17, 15) is 14.7 Å². The van der Waals surface area contributed by atoms with Gasteiger partial charge in [-0.05, 0) is 49.3 Å². The van der Waals surface area contributed by atoms with Gasteiger partial charge in [0.05, 0.1) is 18.0 Å². The molecule has 0 aliphatic heterocycles. The summed E-state index contributed by atoms with van der Waals surface area (Å²) in [5.41, 5.74) is 3.84. The molecule has 192 valence electrons. The summed E-state index contributed by atoms with van der Waals surface area (Å²) in [6.45, 7) is 2.87. The Labute approximate surface area is 219 Å². The Hall–Kier alpha value is -3.56. The van der Waals surface area contributed by atoms with E-state index in [0.717, 1.165) is 53.0 Å². The number of amides is 1. The van der Waals surface area contributed by atoms with Gasteiger partial charge in [-0.3, -0.25) is 4.79 Å². The number of aromatic carboxylic acids is 1. The van der Waals surface area contributed by atoms with Crippen LogP contribution in [0.25, 0.3) is 27.3 Å². The van der Waals surface area contributed by atoms with Gasteiger partial charge in [-0.1, -0.05) is 31.2 Å². The second-order valence-corrected chi connectivity index (χ2v) is 10.7. The number of methoxy groups -OCH3 is 1. The number of hydrogen-bond acceptors (Lipinski definition) is 6. The summed E-state index contributed by atoms with van der Waals surface area (Å²) in [5.74, 6) is -0.505. The van der Waals surface area contributed by atoms with Crippen molar-refractivity contribution in [3.05, 3.63) is 59.7 Å². The fourth-order valence-corrected chi connectivity index (χ4v) is 5.92. The van der Waals surface area contributed by atoms with Crippen LogP contribution in [0, 0.1) is 11.8 Å². The van der Waals surface area contributed by atoms with Crippen LogP contribution in [0.3, 0.4) is 0 Å². The number of carboxylic acid groups (broad SMARTS) is 1. The van der Waals surface area contributed by atoms with Crippen LogP contribution in [0.5, 0.6) is 0 Å². The van der Waals surface area contributed by atoms with Crippen molar-refractivity contribution in [2.45, 2.75) is 32.6 Å². The number of ether oxygens (including phenoxy) is 1. The first-order valence-electron chi connectivity index (χ1n) is 12.5. The number of rotatable bonds is 8. The highest BCUT2D eigenvalue weighted by atomic mass is 32.1. The summed E-state index contributed by atoms with van der Waals surface area (Å²) >= 11 is 1.19. The predicted octanol–water partition coefficient (Wildman–Crippen LogP) is 5.63. The molecule has 0 radical (unpaired) electrons. The number of fused-ring (bicyclic) bond motifs is 1. The van der Waals surface area contributed by atoms with E-state index in [1.165, 1.54) is 11.3 Å². The van der Waals surface area contributed by atoms with Crippen LogP contribution in [0.1, 0.15) is 42.3 Å². The molecule has 1 N–H and O–H groups in total. The van der Waals surface area contributed by atoms with Gasteiger partial charge in [0, 0.05) is 48.5 Å². The molecule has 0 unspecified atom stereocenters. The highest BCUT2D eigenvalue weighted by Gasteiger charge is 2.32. The van der Waals surface area contributed by atoms with Crippen molar-refractivity contribution in [1.82, 2.24) is 14.6 Å². The van der Waals surface area contributed by atoms with E-state index in [4.69, 9.17) is 4.74 Å². The Morgan fingerprint density at radius 2 is 1.86 bits per heavy atom. The molecule has 37 heavy (non-hydrogen) atoms. The van der Waals surface area contributed by atoms with Crippen molar-refractivity contribution in [2.75, 3.05) is 25.2 Å². The van der Waals surface area contributed by atoms with Crippen LogP contribution in [0.15, 0.2) is 54.9 Å². The minimum atomic E-state index is -1.03. The molecule has 5 rings (SSSR count). The molecule has 0 atom stereocenters. The van der Waals surface area contributed by atoms with E-state index in [1.54, 1.807) is 22.7 Å². The number of hydrogen-bond donors (Lipinski definition) is 1. The van der Waals surface area contributed by atoms with E-state index in [0.29, 0.717) is 24.8 Å². The van der Waals surface area contributed by atoms with Gasteiger partial charge in [0.1, 0.15) is 4.88 Å². The molecule has 3 aromatic heterocycles. The van der Waals surface area contributed by atoms with E-state index in [2.05, 4.69) is 17.0 Å². The van der Waals surface area contributed by atoms with E-state index in [1.807, 2.05) is 48.7 Å². The minimum absolute atomic E-state index is 0.00777. The summed E-state index contributed by atoms with van der Waals surface area (Å²) in [6.07, 6.45) is 7.29. The van der Waals surface area contributed by atoms with Gasteiger partial charge in [0.15, 0.2) is 5.65 Å².